The summed E-state index contributed by atoms with van der Waals surface area (Å²) in [6, 6.07) is 4.26. The van der Waals surface area contributed by atoms with Crippen molar-refractivity contribution in [3.05, 3.63) is 0 Å². The largest absolute Gasteiger partial charge is 0.436 e. The van der Waals surface area contributed by atoms with Gasteiger partial charge in [-0.25, -0.2) is 0 Å². The fourth-order valence-electron chi connectivity index (χ4n) is 3.99. The highest BCUT2D eigenvalue weighted by atomic mass is 16.6. The highest BCUT2D eigenvalue weighted by molar-refractivity contribution is 5.70. The van der Waals surface area contributed by atoms with E-state index in [2.05, 4.69) is 42.8 Å². The van der Waals surface area contributed by atoms with Gasteiger partial charge in [0, 0.05) is 25.7 Å². The van der Waals surface area contributed by atoms with Crippen molar-refractivity contribution in [2.24, 2.45) is 42.5 Å². The summed E-state index contributed by atoms with van der Waals surface area (Å²) in [5.41, 5.74) is -5.93. The lowest BCUT2D eigenvalue weighted by molar-refractivity contribution is -0.165. The summed E-state index contributed by atoms with van der Waals surface area (Å²) in [6.07, 6.45) is 0.837. The third-order valence-electron chi connectivity index (χ3n) is 5.97. The summed E-state index contributed by atoms with van der Waals surface area (Å²) in [7, 11) is 0. The molecule has 12 nitrogen and oxygen atoms in total. The number of nitriles is 2. The quantitative estimate of drug-likeness (QED) is 0.124. The molecule has 44 heavy (non-hydrogen) atoms. The average Bonchev–Trinajstić information content (AvgIpc) is 2.86. The van der Waals surface area contributed by atoms with Crippen LogP contribution >= 0.6 is 0 Å². The van der Waals surface area contributed by atoms with Gasteiger partial charge < -0.3 is 9.47 Å². The first-order chi connectivity index (χ1) is 19.8. The molecule has 0 bridgehead atoms. The second kappa shape index (κ2) is 16.2. The Bertz CT molecular complexity index is 1050. The molecular weight excluding hydrogens is 560 g/mol. The van der Waals surface area contributed by atoms with Crippen molar-refractivity contribution in [2.75, 3.05) is 0 Å². The minimum absolute atomic E-state index is 0.0705. The lowest BCUT2D eigenvalue weighted by Crippen LogP contribution is -2.35. The molecule has 4 unspecified atom stereocenters. The van der Waals surface area contributed by atoms with Gasteiger partial charge in [-0.05, 0) is 93.9 Å². The molecule has 12 heteroatoms. The number of carbonyl (C=O) groups excluding carboxylic acids is 2. The van der Waals surface area contributed by atoms with Gasteiger partial charge in [0.1, 0.15) is 0 Å². The third-order valence-corrected chi connectivity index (χ3v) is 5.97. The topological polar surface area (TPSA) is 174 Å². The van der Waals surface area contributed by atoms with Crippen molar-refractivity contribution < 1.29 is 19.1 Å². The third kappa shape index (κ3) is 17.7. The predicted molar refractivity (Wildman–Crippen MR) is 168 cm³/mol. The van der Waals surface area contributed by atoms with Crippen molar-refractivity contribution in [3.8, 4) is 12.1 Å². The molecule has 4 atom stereocenters. The molecule has 0 spiro atoms. The first-order valence-electron chi connectivity index (χ1n) is 15.4. The molecule has 0 saturated carbocycles. The van der Waals surface area contributed by atoms with Gasteiger partial charge in [-0.2, -0.15) is 31.0 Å². The number of ether oxygens (including phenoxy) is 2. The standard InChI is InChI=1S/C32H56N8O4/c1-23(2)19-31(13,43-25(41)15-17-29(11,21-33)37-35-27(5,6)7)39-40-32(14,20-24(3)4)44-26(42)16-18-30(12,22-34)38-36-28(8,9)10/h23-24H,15-20H2,1-14H3. The smallest absolute Gasteiger partial charge is 0.308 e. The van der Waals surface area contributed by atoms with Gasteiger partial charge in [0.25, 0.3) is 0 Å². The van der Waals surface area contributed by atoms with Crippen molar-refractivity contribution in [2.45, 2.75) is 169 Å². The highest BCUT2D eigenvalue weighted by Crippen LogP contribution is 2.31. The van der Waals surface area contributed by atoms with Crippen molar-refractivity contribution >= 4 is 11.9 Å². The zero-order chi connectivity index (χ0) is 34.6. The normalized spacial score (nSPS) is 18.4. The minimum atomic E-state index is -1.33. The average molecular weight is 617 g/mol. The summed E-state index contributed by atoms with van der Waals surface area (Å²) in [6.45, 7) is 25.7. The Hall–Kier alpha value is -3.28. The van der Waals surface area contributed by atoms with E-state index in [0.29, 0.717) is 12.8 Å². The Kier molecular flexibility index (Phi) is 14.9. The molecule has 0 heterocycles. The van der Waals surface area contributed by atoms with E-state index in [4.69, 9.17) is 9.47 Å². The van der Waals surface area contributed by atoms with Crippen LogP contribution < -0.4 is 0 Å². The molecule has 0 amide bonds. The Morgan fingerprint density at radius 3 is 1.09 bits per heavy atom. The summed E-state index contributed by atoms with van der Waals surface area (Å²) in [5, 5.41) is 45.0. The fraction of sp³-hybridized carbons (Fsp3) is 0.875. The van der Waals surface area contributed by atoms with Crippen LogP contribution in [0, 0.1) is 34.5 Å². The van der Waals surface area contributed by atoms with Gasteiger partial charge in [-0.1, -0.05) is 27.7 Å². The molecule has 0 fully saturated rings. The molecule has 0 saturated heterocycles. The zero-order valence-electron chi connectivity index (χ0n) is 29.6. The van der Waals surface area contributed by atoms with E-state index in [9.17, 15) is 20.1 Å². The van der Waals surface area contributed by atoms with E-state index in [-0.39, 0.29) is 37.5 Å². The van der Waals surface area contributed by atoms with Crippen LogP contribution in [0.3, 0.4) is 0 Å². The second-order valence-corrected chi connectivity index (χ2v) is 15.2. The molecule has 0 aliphatic heterocycles. The number of esters is 2. The van der Waals surface area contributed by atoms with E-state index in [0.717, 1.165) is 0 Å². The molecule has 0 rings (SSSR count). The van der Waals surface area contributed by atoms with Crippen LogP contribution in [0.4, 0.5) is 0 Å². The molecule has 0 aliphatic rings. The number of rotatable bonds is 16. The maximum Gasteiger partial charge on any atom is 0.308 e. The maximum absolute atomic E-state index is 13.0. The van der Waals surface area contributed by atoms with E-state index >= 15 is 0 Å². The molecule has 0 aromatic rings. The molecule has 0 aliphatic carbocycles. The monoisotopic (exact) mass is 616 g/mol. The maximum atomic E-state index is 13.0. The molecule has 0 aromatic carbocycles. The number of hydrogen-bond donors (Lipinski definition) is 0. The van der Waals surface area contributed by atoms with Crippen LogP contribution in [0.5, 0.6) is 0 Å². The zero-order valence-corrected chi connectivity index (χ0v) is 29.6. The van der Waals surface area contributed by atoms with Gasteiger partial charge in [0.05, 0.1) is 23.2 Å². The van der Waals surface area contributed by atoms with Crippen LogP contribution in [0.25, 0.3) is 0 Å². The van der Waals surface area contributed by atoms with Crippen LogP contribution in [-0.4, -0.2) is 45.5 Å². The van der Waals surface area contributed by atoms with Gasteiger partial charge >= 0.3 is 11.9 Å². The summed E-state index contributed by atoms with van der Waals surface area (Å²) < 4.78 is 11.6. The van der Waals surface area contributed by atoms with Crippen molar-refractivity contribution in [3.63, 3.8) is 0 Å². The van der Waals surface area contributed by atoms with Crippen LogP contribution in [0.15, 0.2) is 30.7 Å². The first kappa shape index (κ1) is 40.7. The molecular formula is C32H56N8O4. The minimum Gasteiger partial charge on any atom is -0.436 e. The van der Waals surface area contributed by atoms with Gasteiger partial charge in [0.15, 0.2) is 11.1 Å². The number of azo groups is 3. The summed E-state index contributed by atoms with van der Waals surface area (Å²) >= 11 is 0. The molecule has 0 aromatic heterocycles. The van der Waals surface area contributed by atoms with Gasteiger partial charge in [0.2, 0.25) is 11.4 Å². The molecule has 248 valence electrons. The Labute approximate surface area is 265 Å². The Morgan fingerprint density at radius 1 is 0.568 bits per heavy atom. The Morgan fingerprint density at radius 2 is 0.864 bits per heavy atom. The summed E-state index contributed by atoms with van der Waals surface area (Å²) in [4.78, 5) is 25.9. The molecule has 0 N–H and O–H groups in total. The van der Waals surface area contributed by atoms with Crippen LogP contribution in [0.2, 0.25) is 0 Å². The first-order valence-corrected chi connectivity index (χ1v) is 15.4. The summed E-state index contributed by atoms with van der Waals surface area (Å²) in [5.74, 6) is -0.910. The van der Waals surface area contributed by atoms with Crippen LogP contribution in [0.1, 0.15) is 135 Å². The van der Waals surface area contributed by atoms with Crippen molar-refractivity contribution in [1.29, 1.82) is 10.5 Å². The van der Waals surface area contributed by atoms with Crippen molar-refractivity contribution in [1.82, 2.24) is 0 Å². The fourth-order valence-corrected chi connectivity index (χ4v) is 3.99. The number of hydrogen-bond acceptors (Lipinski definition) is 12. The van der Waals surface area contributed by atoms with E-state index in [1.165, 1.54) is 0 Å². The van der Waals surface area contributed by atoms with E-state index < -0.39 is 45.5 Å². The lowest BCUT2D eigenvalue weighted by Gasteiger charge is -2.30. The van der Waals surface area contributed by atoms with Gasteiger partial charge in [-0.15, -0.1) is 10.2 Å². The van der Waals surface area contributed by atoms with Gasteiger partial charge in [-0.3, -0.25) is 9.59 Å². The highest BCUT2D eigenvalue weighted by Gasteiger charge is 2.36. The van der Waals surface area contributed by atoms with Crippen LogP contribution in [-0.2, 0) is 19.1 Å². The SMILES string of the molecule is CC(C)CC(C)(N=NC(C)(CC(C)C)OC(=O)CCC(C)(C#N)N=NC(C)(C)C)OC(=O)CCC(C)(C#N)N=NC(C)(C)C. The van der Waals surface area contributed by atoms with E-state index in [1.54, 1.807) is 27.7 Å². The number of nitrogens with zero attached hydrogens (tertiary/aromatic N) is 8. The lowest BCUT2D eigenvalue weighted by atomic mass is 9.98. The predicted octanol–water partition coefficient (Wildman–Crippen LogP) is 8.68. The second-order valence-electron chi connectivity index (χ2n) is 15.2. The molecule has 0 radical (unpaired) electrons. The van der Waals surface area contributed by atoms with E-state index in [1.807, 2.05) is 69.2 Å². The Balaban J connectivity index is 5.88. The number of carbonyl (C=O) groups is 2.